The predicted octanol–water partition coefficient (Wildman–Crippen LogP) is 2.56. The molecule has 2 atom stereocenters. The molecule has 1 aliphatic carbocycles. The van der Waals surface area contributed by atoms with Gasteiger partial charge in [0, 0.05) is 12.6 Å². The van der Waals surface area contributed by atoms with Crippen molar-refractivity contribution in [3.8, 4) is 0 Å². The van der Waals surface area contributed by atoms with Crippen LogP contribution in [-0.4, -0.2) is 35.7 Å². The van der Waals surface area contributed by atoms with Crippen molar-refractivity contribution in [3.05, 3.63) is 35.4 Å². The zero-order valence-electron chi connectivity index (χ0n) is 11.0. The van der Waals surface area contributed by atoms with E-state index in [-0.39, 0.29) is 0 Å². The third kappa shape index (κ3) is 2.32. The molecule has 2 aliphatic rings. The van der Waals surface area contributed by atoms with Gasteiger partial charge in [-0.15, -0.1) is 0 Å². The van der Waals surface area contributed by atoms with Crippen LogP contribution >= 0.6 is 0 Å². The minimum atomic E-state index is 0.328. The van der Waals surface area contributed by atoms with Crippen LogP contribution in [0.3, 0.4) is 0 Å². The number of rotatable bonds is 3. The number of aliphatic hydroxyl groups excluding tert-OH is 1. The van der Waals surface area contributed by atoms with Gasteiger partial charge in [-0.25, -0.2) is 0 Å². The molecule has 18 heavy (non-hydrogen) atoms. The summed E-state index contributed by atoms with van der Waals surface area (Å²) < 4.78 is 0. The van der Waals surface area contributed by atoms with Gasteiger partial charge in [-0.3, -0.25) is 4.90 Å². The fraction of sp³-hybridized carbons (Fsp3) is 0.625. The standard InChI is InChI=1S/C16H23NO/c18-12-15-8-4-10-17(15)11-14-7-3-6-13-5-1-2-9-16(13)14/h1-2,5,9,14-15,18H,3-4,6-8,10-12H2. The summed E-state index contributed by atoms with van der Waals surface area (Å²) in [4.78, 5) is 2.51. The molecule has 1 saturated heterocycles. The van der Waals surface area contributed by atoms with Gasteiger partial charge in [-0.2, -0.15) is 0 Å². The number of benzene rings is 1. The molecule has 1 heterocycles. The van der Waals surface area contributed by atoms with Gasteiger partial charge in [0.2, 0.25) is 0 Å². The zero-order valence-corrected chi connectivity index (χ0v) is 11.0. The van der Waals surface area contributed by atoms with Gasteiger partial charge in [-0.1, -0.05) is 24.3 Å². The molecule has 98 valence electrons. The summed E-state index contributed by atoms with van der Waals surface area (Å²) in [6, 6.07) is 9.34. The Balaban J connectivity index is 1.74. The summed E-state index contributed by atoms with van der Waals surface area (Å²) in [5, 5.41) is 9.42. The zero-order chi connectivity index (χ0) is 12.4. The maximum absolute atomic E-state index is 9.42. The van der Waals surface area contributed by atoms with Gasteiger partial charge >= 0.3 is 0 Å². The molecule has 0 saturated carbocycles. The lowest BCUT2D eigenvalue weighted by molar-refractivity contribution is 0.150. The third-order valence-electron chi connectivity index (χ3n) is 4.66. The molecule has 1 aromatic carbocycles. The Morgan fingerprint density at radius 2 is 2.06 bits per heavy atom. The van der Waals surface area contributed by atoms with Crippen molar-refractivity contribution in [2.45, 2.75) is 44.1 Å². The normalized spacial score (nSPS) is 28.3. The van der Waals surface area contributed by atoms with Crippen LogP contribution in [0.1, 0.15) is 42.7 Å². The highest BCUT2D eigenvalue weighted by molar-refractivity contribution is 5.32. The average Bonchev–Trinajstić information content (AvgIpc) is 2.86. The number of likely N-dealkylation sites (tertiary alicyclic amines) is 1. The van der Waals surface area contributed by atoms with E-state index in [1.165, 1.54) is 38.6 Å². The largest absolute Gasteiger partial charge is 0.395 e. The van der Waals surface area contributed by atoms with E-state index in [1.54, 1.807) is 11.1 Å². The molecule has 1 fully saturated rings. The number of hydrogen-bond donors (Lipinski definition) is 1. The highest BCUT2D eigenvalue weighted by Crippen LogP contribution is 2.33. The lowest BCUT2D eigenvalue weighted by Crippen LogP contribution is -2.36. The van der Waals surface area contributed by atoms with Crippen LogP contribution in [0.2, 0.25) is 0 Å². The summed E-state index contributed by atoms with van der Waals surface area (Å²) in [5.41, 5.74) is 3.11. The van der Waals surface area contributed by atoms with Gasteiger partial charge in [0.25, 0.3) is 0 Å². The molecular weight excluding hydrogens is 222 g/mol. The van der Waals surface area contributed by atoms with Crippen LogP contribution in [0.25, 0.3) is 0 Å². The molecule has 2 unspecified atom stereocenters. The second-order valence-corrected chi connectivity index (χ2v) is 5.76. The third-order valence-corrected chi connectivity index (χ3v) is 4.66. The smallest absolute Gasteiger partial charge is 0.0586 e. The van der Waals surface area contributed by atoms with Crippen LogP contribution < -0.4 is 0 Å². The van der Waals surface area contributed by atoms with E-state index in [0.717, 1.165) is 6.54 Å². The molecule has 0 radical (unpaired) electrons. The molecule has 0 amide bonds. The summed E-state index contributed by atoms with van der Waals surface area (Å²) in [7, 11) is 0. The number of aryl methyl sites for hydroxylation is 1. The summed E-state index contributed by atoms with van der Waals surface area (Å²) in [5.74, 6) is 0.682. The number of fused-ring (bicyclic) bond motifs is 1. The number of hydrogen-bond acceptors (Lipinski definition) is 2. The van der Waals surface area contributed by atoms with Crippen molar-refractivity contribution in [2.24, 2.45) is 0 Å². The van der Waals surface area contributed by atoms with Crippen LogP contribution in [0, 0.1) is 0 Å². The second kappa shape index (κ2) is 5.41. The molecule has 1 N–H and O–H groups in total. The van der Waals surface area contributed by atoms with Crippen molar-refractivity contribution < 1.29 is 5.11 Å². The Hall–Kier alpha value is -0.860. The second-order valence-electron chi connectivity index (χ2n) is 5.76. The van der Waals surface area contributed by atoms with E-state index in [4.69, 9.17) is 0 Å². The van der Waals surface area contributed by atoms with Crippen LogP contribution in [-0.2, 0) is 6.42 Å². The minimum Gasteiger partial charge on any atom is -0.395 e. The van der Waals surface area contributed by atoms with E-state index >= 15 is 0 Å². The first kappa shape index (κ1) is 12.2. The van der Waals surface area contributed by atoms with Crippen LogP contribution in [0.4, 0.5) is 0 Å². The SMILES string of the molecule is OCC1CCCN1CC1CCCc2ccccc21. The Labute approximate surface area is 110 Å². The minimum absolute atomic E-state index is 0.328. The summed E-state index contributed by atoms with van der Waals surface area (Å²) >= 11 is 0. The van der Waals surface area contributed by atoms with Gasteiger partial charge in [0.05, 0.1) is 6.61 Å². The topological polar surface area (TPSA) is 23.5 Å². The van der Waals surface area contributed by atoms with E-state index in [1.807, 2.05) is 0 Å². The Morgan fingerprint density at radius 3 is 2.94 bits per heavy atom. The van der Waals surface area contributed by atoms with Crippen molar-refractivity contribution in [3.63, 3.8) is 0 Å². The Morgan fingerprint density at radius 1 is 1.17 bits per heavy atom. The van der Waals surface area contributed by atoms with Crippen LogP contribution in [0.5, 0.6) is 0 Å². The molecule has 0 bridgehead atoms. The fourth-order valence-electron chi connectivity index (χ4n) is 3.67. The van der Waals surface area contributed by atoms with E-state index < -0.39 is 0 Å². The monoisotopic (exact) mass is 245 g/mol. The Bertz CT molecular complexity index is 404. The first-order chi connectivity index (χ1) is 8.88. The maximum Gasteiger partial charge on any atom is 0.0586 e. The van der Waals surface area contributed by atoms with Crippen molar-refractivity contribution >= 4 is 0 Å². The summed E-state index contributed by atoms with van der Waals surface area (Å²) in [6.45, 7) is 2.64. The lowest BCUT2D eigenvalue weighted by Gasteiger charge is -2.31. The fourth-order valence-corrected chi connectivity index (χ4v) is 3.67. The first-order valence-electron chi connectivity index (χ1n) is 7.31. The van der Waals surface area contributed by atoms with Crippen molar-refractivity contribution in [1.29, 1.82) is 0 Å². The maximum atomic E-state index is 9.42. The number of nitrogens with zero attached hydrogens (tertiary/aromatic N) is 1. The van der Waals surface area contributed by atoms with Gasteiger partial charge in [0.15, 0.2) is 0 Å². The van der Waals surface area contributed by atoms with Gasteiger partial charge in [0.1, 0.15) is 0 Å². The molecule has 2 heteroatoms. The molecular formula is C16H23NO. The molecule has 0 spiro atoms. The molecule has 1 aliphatic heterocycles. The predicted molar refractivity (Wildman–Crippen MR) is 73.8 cm³/mol. The first-order valence-corrected chi connectivity index (χ1v) is 7.31. The van der Waals surface area contributed by atoms with Crippen molar-refractivity contribution in [2.75, 3.05) is 19.7 Å². The van der Waals surface area contributed by atoms with E-state index in [0.29, 0.717) is 18.6 Å². The Kier molecular flexibility index (Phi) is 3.67. The average molecular weight is 245 g/mol. The molecule has 2 nitrogen and oxygen atoms in total. The molecule has 3 rings (SSSR count). The van der Waals surface area contributed by atoms with E-state index in [2.05, 4.69) is 29.2 Å². The van der Waals surface area contributed by atoms with Crippen molar-refractivity contribution in [1.82, 2.24) is 4.90 Å². The van der Waals surface area contributed by atoms with Gasteiger partial charge < -0.3 is 5.11 Å². The van der Waals surface area contributed by atoms with E-state index in [9.17, 15) is 5.11 Å². The number of aliphatic hydroxyl groups is 1. The quantitative estimate of drug-likeness (QED) is 0.884. The lowest BCUT2D eigenvalue weighted by atomic mass is 9.82. The van der Waals surface area contributed by atoms with Gasteiger partial charge in [-0.05, 0) is 55.7 Å². The van der Waals surface area contributed by atoms with Crippen LogP contribution in [0.15, 0.2) is 24.3 Å². The summed E-state index contributed by atoms with van der Waals surface area (Å²) in [6.07, 6.45) is 6.30. The highest BCUT2D eigenvalue weighted by Gasteiger charge is 2.28. The molecule has 0 aromatic heterocycles. The molecule has 1 aromatic rings. The highest BCUT2D eigenvalue weighted by atomic mass is 16.3.